The lowest BCUT2D eigenvalue weighted by Gasteiger charge is -2.18. The molecule has 0 radical (unpaired) electrons. The van der Waals surface area contributed by atoms with Crippen LogP contribution in [0.15, 0.2) is 48.0 Å². The molecule has 1 amide bonds. The quantitative estimate of drug-likeness (QED) is 0.840. The van der Waals surface area contributed by atoms with Crippen molar-refractivity contribution in [2.45, 2.75) is 26.2 Å². The van der Waals surface area contributed by atoms with Crippen LogP contribution in [0.4, 0.5) is 0 Å². The molecule has 0 saturated carbocycles. The van der Waals surface area contributed by atoms with Gasteiger partial charge in [-0.2, -0.15) is 4.98 Å². The van der Waals surface area contributed by atoms with Crippen molar-refractivity contribution in [1.82, 2.24) is 15.3 Å². The van der Waals surface area contributed by atoms with Gasteiger partial charge in [-0.15, -0.1) is 11.8 Å². The fourth-order valence-electron chi connectivity index (χ4n) is 1.95. The molecule has 5 nitrogen and oxygen atoms in total. The van der Waals surface area contributed by atoms with Crippen LogP contribution >= 0.6 is 11.8 Å². The van der Waals surface area contributed by atoms with Gasteiger partial charge in [0.25, 0.3) is 5.91 Å². The molecular weight excluding hydrogens is 334 g/mol. The number of ether oxygens (including phenoxy) is 1. The molecule has 0 atom stereocenters. The highest BCUT2D eigenvalue weighted by Crippen LogP contribution is 2.26. The Morgan fingerprint density at radius 1 is 1.28 bits per heavy atom. The van der Waals surface area contributed by atoms with Gasteiger partial charge in [-0.3, -0.25) is 4.79 Å². The van der Waals surface area contributed by atoms with Gasteiger partial charge in [0.15, 0.2) is 0 Å². The lowest BCUT2D eigenvalue weighted by molar-refractivity contribution is 0.0954. The molecule has 132 valence electrons. The number of rotatable bonds is 6. The molecule has 0 unspecified atom stereocenters. The molecule has 0 spiro atoms. The van der Waals surface area contributed by atoms with E-state index in [4.69, 9.17) is 4.74 Å². The first-order valence-corrected chi connectivity index (χ1v) is 9.27. The largest absolute Gasteiger partial charge is 0.438 e. The topological polar surface area (TPSA) is 64.1 Å². The summed E-state index contributed by atoms with van der Waals surface area (Å²) in [4.78, 5) is 21.3. The molecular formula is C19H23N3O2S. The molecule has 6 heteroatoms. The number of thioether (sulfide) groups is 1. The number of nitrogens with one attached hydrogen (secondary N) is 1. The number of nitrogens with zero attached hydrogens (tertiary/aromatic N) is 2. The Kier molecular flexibility index (Phi) is 6.58. The van der Waals surface area contributed by atoms with Crippen molar-refractivity contribution in [3.63, 3.8) is 0 Å². The zero-order chi connectivity index (χ0) is 18.3. The highest BCUT2D eigenvalue weighted by Gasteiger charge is 2.22. The van der Waals surface area contributed by atoms with E-state index in [2.05, 4.69) is 15.3 Å². The van der Waals surface area contributed by atoms with Crippen molar-refractivity contribution in [2.75, 3.05) is 12.8 Å². The minimum absolute atomic E-state index is 0.245. The van der Waals surface area contributed by atoms with Gasteiger partial charge in [-0.25, -0.2) is 4.98 Å². The summed E-state index contributed by atoms with van der Waals surface area (Å²) in [5.41, 5.74) is 0.0691. The summed E-state index contributed by atoms with van der Waals surface area (Å²) in [6.07, 6.45) is 5.37. The van der Waals surface area contributed by atoms with E-state index in [1.165, 1.54) is 6.20 Å². The number of amides is 1. The minimum atomic E-state index is -0.267. The number of aromatic nitrogens is 2. The molecule has 0 fully saturated rings. The van der Waals surface area contributed by atoms with Crippen LogP contribution in [0, 0.1) is 0 Å². The zero-order valence-electron chi connectivity index (χ0n) is 14.9. The fraction of sp³-hybridized carbons (Fsp3) is 0.316. The summed E-state index contributed by atoms with van der Waals surface area (Å²) in [6, 6.07) is 9.28. The second-order valence-electron chi connectivity index (χ2n) is 6.40. The first kappa shape index (κ1) is 19.0. The normalized spacial score (nSPS) is 11.5. The first-order chi connectivity index (χ1) is 11.9. The van der Waals surface area contributed by atoms with E-state index >= 15 is 0 Å². The smallest absolute Gasteiger partial charge is 0.258 e. The number of hydrogen-bond acceptors (Lipinski definition) is 5. The first-order valence-electron chi connectivity index (χ1n) is 7.98. The van der Waals surface area contributed by atoms with Gasteiger partial charge in [-0.05, 0) is 23.8 Å². The third-order valence-electron chi connectivity index (χ3n) is 3.24. The Labute approximate surface area is 152 Å². The van der Waals surface area contributed by atoms with E-state index in [1.807, 2.05) is 68.8 Å². The molecule has 0 aliphatic carbocycles. The van der Waals surface area contributed by atoms with Crippen LogP contribution in [0.2, 0.25) is 0 Å². The summed E-state index contributed by atoms with van der Waals surface area (Å²) < 4.78 is 5.86. The lowest BCUT2D eigenvalue weighted by atomic mass is 9.95. The van der Waals surface area contributed by atoms with E-state index in [9.17, 15) is 4.79 Å². The van der Waals surface area contributed by atoms with E-state index in [1.54, 1.807) is 11.8 Å². The molecule has 2 rings (SSSR count). The Morgan fingerprint density at radius 2 is 2.00 bits per heavy atom. The molecule has 1 heterocycles. The van der Waals surface area contributed by atoms with Crippen molar-refractivity contribution in [1.29, 1.82) is 0 Å². The van der Waals surface area contributed by atoms with Crippen molar-refractivity contribution >= 4 is 17.7 Å². The molecule has 2 aromatic rings. The van der Waals surface area contributed by atoms with Crippen LogP contribution in [0.25, 0.3) is 0 Å². The lowest BCUT2D eigenvalue weighted by Crippen LogP contribution is -2.25. The highest BCUT2D eigenvalue weighted by atomic mass is 32.2. The average Bonchev–Trinajstić information content (AvgIpc) is 2.58. The molecule has 1 aromatic heterocycles. The third-order valence-corrected chi connectivity index (χ3v) is 3.70. The van der Waals surface area contributed by atoms with E-state index < -0.39 is 0 Å². The van der Waals surface area contributed by atoms with Crippen molar-refractivity contribution in [3.05, 3.63) is 59.4 Å². The van der Waals surface area contributed by atoms with E-state index in [0.29, 0.717) is 23.7 Å². The summed E-state index contributed by atoms with van der Waals surface area (Å²) >= 11 is 1.58. The van der Waals surface area contributed by atoms with Crippen LogP contribution in [0.3, 0.4) is 0 Å². The van der Waals surface area contributed by atoms with Crippen LogP contribution < -0.4 is 10.1 Å². The number of carbonyl (C=O) groups is 1. The maximum absolute atomic E-state index is 12.5. The number of para-hydroxylation sites is 1. The maximum atomic E-state index is 12.5. The number of carbonyl (C=O) groups excluding carboxylic acids is 1. The highest BCUT2D eigenvalue weighted by molar-refractivity contribution is 8.01. The van der Waals surface area contributed by atoms with E-state index in [0.717, 1.165) is 0 Å². The Balaban J connectivity index is 2.30. The van der Waals surface area contributed by atoms with Crippen LogP contribution in [0.5, 0.6) is 11.6 Å². The third kappa shape index (κ3) is 5.60. The van der Waals surface area contributed by atoms with Crippen molar-refractivity contribution < 1.29 is 9.53 Å². The van der Waals surface area contributed by atoms with Crippen molar-refractivity contribution in [2.24, 2.45) is 0 Å². The summed E-state index contributed by atoms with van der Waals surface area (Å²) in [5, 5.41) is 4.74. The van der Waals surface area contributed by atoms with Gasteiger partial charge < -0.3 is 10.1 Å². The second kappa shape index (κ2) is 8.67. The van der Waals surface area contributed by atoms with Crippen LogP contribution in [-0.2, 0) is 5.41 Å². The average molecular weight is 357 g/mol. The Morgan fingerprint density at radius 3 is 2.64 bits per heavy atom. The van der Waals surface area contributed by atoms with Gasteiger partial charge in [0.1, 0.15) is 17.1 Å². The molecule has 25 heavy (non-hydrogen) atoms. The number of hydrogen-bond donors (Lipinski definition) is 1. The SMILES string of the molecule is CS/C=C/CNC(=O)c1cnc(C(C)(C)C)nc1Oc1ccccc1. The maximum Gasteiger partial charge on any atom is 0.258 e. The van der Waals surface area contributed by atoms with Crippen LogP contribution in [0.1, 0.15) is 37.0 Å². The molecule has 1 N–H and O–H groups in total. The molecule has 0 aliphatic rings. The summed E-state index contributed by atoms with van der Waals surface area (Å²) in [5.74, 6) is 1.24. The van der Waals surface area contributed by atoms with Gasteiger partial charge in [0.05, 0.1) is 0 Å². The van der Waals surface area contributed by atoms with E-state index in [-0.39, 0.29) is 17.2 Å². The summed E-state index contributed by atoms with van der Waals surface area (Å²) in [6.45, 7) is 6.48. The predicted octanol–water partition coefficient (Wildman–Crippen LogP) is 4.17. The fourth-order valence-corrected chi connectivity index (χ4v) is 2.24. The van der Waals surface area contributed by atoms with Gasteiger partial charge >= 0.3 is 0 Å². The molecule has 0 aliphatic heterocycles. The number of benzene rings is 1. The van der Waals surface area contributed by atoms with Gasteiger partial charge in [0.2, 0.25) is 5.88 Å². The predicted molar refractivity (Wildman–Crippen MR) is 102 cm³/mol. The second-order valence-corrected chi connectivity index (χ2v) is 7.14. The summed E-state index contributed by atoms with van der Waals surface area (Å²) in [7, 11) is 0. The van der Waals surface area contributed by atoms with Gasteiger partial charge in [-0.1, -0.05) is 45.0 Å². The molecule has 0 bridgehead atoms. The molecule has 1 aromatic carbocycles. The Bertz CT molecular complexity index is 740. The monoisotopic (exact) mass is 357 g/mol. The zero-order valence-corrected chi connectivity index (χ0v) is 15.8. The standard InChI is InChI=1S/C19H23N3O2S/c1-19(2,3)18-21-13-15(16(23)20-11-8-12-25-4)17(22-18)24-14-9-6-5-7-10-14/h5-10,12-13H,11H2,1-4H3,(H,20,23)/b12-8+. The van der Waals surface area contributed by atoms with Gasteiger partial charge in [0, 0.05) is 18.2 Å². The van der Waals surface area contributed by atoms with Crippen LogP contribution in [-0.4, -0.2) is 28.7 Å². The Hall–Kier alpha value is -2.34. The van der Waals surface area contributed by atoms with Crippen molar-refractivity contribution in [3.8, 4) is 11.6 Å². The molecule has 0 saturated heterocycles. The minimum Gasteiger partial charge on any atom is -0.438 e.